The van der Waals surface area contributed by atoms with Crippen LogP contribution in [0.25, 0.3) is 11.0 Å². The van der Waals surface area contributed by atoms with Crippen molar-refractivity contribution in [1.82, 2.24) is 9.88 Å². The number of fused-ring (bicyclic) bond motifs is 1. The molecule has 1 aromatic carbocycles. The summed E-state index contributed by atoms with van der Waals surface area (Å²) in [5.41, 5.74) is 1.08. The quantitative estimate of drug-likeness (QED) is 0.447. The second-order valence-corrected chi connectivity index (χ2v) is 8.30. The smallest absolute Gasteiger partial charge is 0.268 e. The molecule has 2 aromatic heterocycles. The number of Topliss-reactive ketones (excluding diaryl/α,β-unsaturated/α-hetero) is 2. The lowest BCUT2D eigenvalue weighted by molar-refractivity contribution is -0.132. The van der Waals surface area contributed by atoms with Gasteiger partial charge in [0.2, 0.25) is 11.7 Å². The highest BCUT2D eigenvalue weighted by molar-refractivity contribution is 6.03. The van der Waals surface area contributed by atoms with Gasteiger partial charge >= 0.3 is 0 Å². The number of benzene rings is 1. The van der Waals surface area contributed by atoms with Gasteiger partial charge in [0.05, 0.1) is 19.7 Å². The topological polar surface area (TPSA) is 114 Å². The molecule has 1 aliphatic rings. The molecule has 0 spiro atoms. The van der Waals surface area contributed by atoms with Gasteiger partial charge in [0.15, 0.2) is 11.5 Å². The number of nitrogens with zero attached hydrogens (tertiary/aromatic N) is 3. The minimum absolute atomic E-state index is 0.114. The fourth-order valence-corrected chi connectivity index (χ4v) is 4.08. The summed E-state index contributed by atoms with van der Waals surface area (Å²) < 4.78 is 38.0. The normalized spacial score (nSPS) is 16.7. The largest absolute Gasteiger partial charge is 0.497 e. The number of halogens is 2. The summed E-state index contributed by atoms with van der Waals surface area (Å²) in [6.07, 6.45) is 1.33. The lowest BCUT2D eigenvalue weighted by Gasteiger charge is -2.19. The highest BCUT2D eigenvalue weighted by atomic mass is 19.3. The van der Waals surface area contributed by atoms with E-state index in [0.717, 1.165) is 4.90 Å². The third-order valence-electron chi connectivity index (χ3n) is 5.86. The third kappa shape index (κ3) is 5.19. The number of methoxy groups -OCH3 is 1. The van der Waals surface area contributed by atoms with E-state index in [1.165, 1.54) is 25.6 Å². The molecular formula is C25H21F2N3O5. The number of ether oxygens (including phenoxy) is 1. The lowest BCUT2D eigenvalue weighted by atomic mass is 9.98. The van der Waals surface area contributed by atoms with E-state index in [1.807, 2.05) is 0 Å². The van der Waals surface area contributed by atoms with Crippen molar-refractivity contribution in [2.75, 3.05) is 13.7 Å². The number of hydrogen-bond donors (Lipinski definition) is 0. The molecular weight excluding hydrogens is 460 g/mol. The average Bonchev–Trinajstić information content (AvgIpc) is 3.42. The van der Waals surface area contributed by atoms with Crippen molar-refractivity contribution in [3.63, 3.8) is 0 Å². The van der Waals surface area contributed by atoms with Gasteiger partial charge in [0, 0.05) is 49.0 Å². The van der Waals surface area contributed by atoms with Crippen molar-refractivity contribution in [1.29, 1.82) is 5.26 Å². The Kier molecular flexibility index (Phi) is 6.60. The molecule has 1 atom stereocenters. The molecule has 0 radical (unpaired) electrons. The number of carbonyl (C=O) groups is 3. The molecule has 1 aliphatic heterocycles. The van der Waals surface area contributed by atoms with Crippen LogP contribution in [0.5, 0.6) is 5.75 Å². The molecule has 3 heterocycles. The predicted octanol–water partition coefficient (Wildman–Crippen LogP) is 3.98. The van der Waals surface area contributed by atoms with Crippen molar-refractivity contribution in [3.05, 3.63) is 59.6 Å². The SMILES string of the molecule is COc1ccc2oc(C(=O)Cc3cnccc3C(=O)CCC(=O)N3CC(F)(F)C[C@H]3C#N)cc2c1. The van der Waals surface area contributed by atoms with Crippen molar-refractivity contribution in [3.8, 4) is 11.8 Å². The first kappa shape index (κ1) is 24.0. The Bertz CT molecular complexity index is 1340. The first-order valence-electron chi connectivity index (χ1n) is 10.8. The maximum atomic E-state index is 13.6. The molecule has 3 aromatic rings. The molecule has 180 valence electrons. The lowest BCUT2D eigenvalue weighted by Crippen LogP contribution is -2.36. The van der Waals surface area contributed by atoms with Gasteiger partial charge in [-0.25, -0.2) is 8.78 Å². The van der Waals surface area contributed by atoms with Crippen LogP contribution in [0.1, 0.15) is 45.7 Å². The molecule has 8 nitrogen and oxygen atoms in total. The number of likely N-dealkylation sites (tertiary alicyclic amines) is 1. The summed E-state index contributed by atoms with van der Waals surface area (Å²) in [7, 11) is 1.53. The monoisotopic (exact) mass is 481 g/mol. The number of amides is 1. The Morgan fingerprint density at radius 2 is 2.03 bits per heavy atom. The number of carbonyl (C=O) groups excluding carboxylic acids is 3. The molecule has 10 heteroatoms. The van der Waals surface area contributed by atoms with Gasteiger partial charge in [-0.2, -0.15) is 5.26 Å². The predicted molar refractivity (Wildman–Crippen MR) is 119 cm³/mol. The number of ketones is 2. The van der Waals surface area contributed by atoms with Crippen LogP contribution in [0.4, 0.5) is 8.78 Å². The second kappa shape index (κ2) is 9.62. The molecule has 1 saturated heterocycles. The standard InChI is InChI=1S/C25H21F2N3O5/c1-34-18-2-4-22-15(8-18)10-23(35-22)21(32)9-16-13-29-7-6-19(16)20(31)3-5-24(33)30-14-25(26,27)11-17(30)12-28/h2,4,6-8,10,13,17H,3,5,9,11,14H2,1H3/t17-/m0/s1. The van der Waals surface area contributed by atoms with Crippen molar-refractivity contribution in [2.45, 2.75) is 37.6 Å². The van der Waals surface area contributed by atoms with Crippen molar-refractivity contribution in [2.24, 2.45) is 0 Å². The minimum atomic E-state index is -3.12. The van der Waals surface area contributed by atoms with Gasteiger partial charge in [0.1, 0.15) is 17.4 Å². The summed E-state index contributed by atoms with van der Waals surface area (Å²) in [4.78, 5) is 42.9. The maximum Gasteiger partial charge on any atom is 0.268 e. The van der Waals surface area contributed by atoms with Crippen LogP contribution in [-0.2, 0) is 11.2 Å². The fourth-order valence-electron chi connectivity index (χ4n) is 4.08. The number of alkyl halides is 2. The van der Waals surface area contributed by atoms with Crippen LogP contribution < -0.4 is 4.74 Å². The zero-order chi connectivity index (χ0) is 25.2. The van der Waals surface area contributed by atoms with Crippen LogP contribution in [0, 0.1) is 11.3 Å². The first-order chi connectivity index (χ1) is 16.7. The highest BCUT2D eigenvalue weighted by Gasteiger charge is 2.47. The van der Waals surface area contributed by atoms with E-state index in [1.54, 1.807) is 30.3 Å². The molecule has 1 amide bonds. The molecule has 35 heavy (non-hydrogen) atoms. The van der Waals surface area contributed by atoms with Gasteiger partial charge in [-0.05, 0) is 35.9 Å². The van der Waals surface area contributed by atoms with E-state index in [4.69, 9.17) is 14.4 Å². The van der Waals surface area contributed by atoms with Gasteiger partial charge in [-0.1, -0.05) is 0 Å². The van der Waals surface area contributed by atoms with Crippen molar-refractivity contribution < 1.29 is 32.3 Å². The van der Waals surface area contributed by atoms with Crippen LogP contribution >= 0.6 is 0 Å². The summed E-state index contributed by atoms with van der Waals surface area (Å²) in [6, 6.07) is 8.66. The van der Waals surface area contributed by atoms with E-state index in [-0.39, 0.29) is 36.4 Å². The van der Waals surface area contributed by atoms with Crippen LogP contribution in [0.2, 0.25) is 0 Å². The molecule has 0 bridgehead atoms. The Balaban J connectivity index is 1.44. The number of nitriles is 1. The van der Waals surface area contributed by atoms with Gasteiger partial charge < -0.3 is 14.1 Å². The number of rotatable bonds is 8. The molecule has 4 rings (SSSR count). The average molecular weight is 481 g/mol. The summed E-state index contributed by atoms with van der Waals surface area (Å²) >= 11 is 0. The second-order valence-electron chi connectivity index (χ2n) is 8.30. The molecule has 0 aliphatic carbocycles. The molecule has 1 fully saturated rings. The minimum Gasteiger partial charge on any atom is -0.497 e. The van der Waals surface area contributed by atoms with Gasteiger partial charge in [-0.15, -0.1) is 0 Å². The molecule has 0 N–H and O–H groups in total. The zero-order valence-electron chi connectivity index (χ0n) is 18.8. The fraction of sp³-hybridized carbons (Fsp3) is 0.320. The highest BCUT2D eigenvalue weighted by Crippen LogP contribution is 2.32. The Labute approximate surface area is 199 Å². The van der Waals surface area contributed by atoms with E-state index in [2.05, 4.69) is 4.98 Å². The van der Waals surface area contributed by atoms with E-state index < -0.39 is 36.6 Å². The summed E-state index contributed by atoms with van der Waals surface area (Å²) in [5.74, 6) is -3.88. The Morgan fingerprint density at radius 1 is 1.23 bits per heavy atom. The first-order valence-corrected chi connectivity index (χ1v) is 10.8. The van der Waals surface area contributed by atoms with E-state index in [9.17, 15) is 23.2 Å². The number of pyridine rings is 1. The molecule has 0 saturated carbocycles. The van der Waals surface area contributed by atoms with E-state index in [0.29, 0.717) is 22.3 Å². The maximum absolute atomic E-state index is 13.6. The number of aromatic nitrogens is 1. The Hall–Kier alpha value is -4.13. The van der Waals surface area contributed by atoms with Gasteiger partial charge in [-0.3, -0.25) is 19.4 Å². The molecule has 0 unspecified atom stereocenters. The summed E-state index contributed by atoms with van der Waals surface area (Å²) in [6.45, 7) is -0.837. The van der Waals surface area contributed by atoms with Crippen LogP contribution in [0.3, 0.4) is 0 Å². The van der Waals surface area contributed by atoms with E-state index >= 15 is 0 Å². The van der Waals surface area contributed by atoms with Gasteiger partial charge in [0.25, 0.3) is 5.92 Å². The Morgan fingerprint density at radius 3 is 2.77 bits per heavy atom. The zero-order valence-corrected chi connectivity index (χ0v) is 18.8. The van der Waals surface area contributed by atoms with Crippen molar-refractivity contribution >= 4 is 28.4 Å². The van der Waals surface area contributed by atoms with Crippen LogP contribution in [0.15, 0.2) is 47.1 Å². The number of hydrogen-bond acceptors (Lipinski definition) is 7. The summed E-state index contributed by atoms with van der Waals surface area (Å²) in [5, 5.41) is 9.75. The number of furan rings is 1. The van der Waals surface area contributed by atoms with Crippen LogP contribution in [-0.4, -0.2) is 53.0 Å². The third-order valence-corrected chi connectivity index (χ3v) is 5.86.